The highest BCUT2D eigenvalue weighted by atomic mass is 16.4. The average Bonchev–Trinajstić information content (AvgIpc) is 2.58. The van der Waals surface area contributed by atoms with Crippen LogP contribution in [0.2, 0.25) is 0 Å². The van der Waals surface area contributed by atoms with Crippen molar-refractivity contribution in [2.24, 2.45) is 23.1 Å². The van der Waals surface area contributed by atoms with E-state index in [-0.39, 0.29) is 12.3 Å². The first-order valence-corrected chi connectivity index (χ1v) is 9.20. The number of nitrogens with one attached hydrogen (secondary N) is 3. The van der Waals surface area contributed by atoms with Gasteiger partial charge < -0.3 is 38.3 Å². The summed E-state index contributed by atoms with van der Waals surface area (Å²) in [4.78, 5) is 70.2. The van der Waals surface area contributed by atoms with Gasteiger partial charge in [0.05, 0.1) is 18.9 Å². The number of carbonyl (C=O) groups is 6. The topological polar surface area (TPSA) is 237 Å². The van der Waals surface area contributed by atoms with Crippen molar-refractivity contribution >= 4 is 35.5 Å². The van der Waals surface area contributed by atoms with Gasteiger partial charge in [0.1, 0.15) is 18.1 Å². The molecule has 0 aliphatic carbocycles. The van der Waals surface area contributed by atoms with Crippen LogP contribution < -0.4 is 33.2 Å². The van der Waals surface area contributed by atoms with Crippen LogP contribution in [0.5, 0.6) is 0 Å². The van der Waals surface area contributed by atoms with Gasteiger partial charge in [-0.1, -0.05) is 13.8 Å². The fraction of sp³-hybridized carbons (Fsp3) is 0.647. The molecule has 0 aliphatic rings. The van der Waals surface area contributed by atoms with Crippen molar-refractivity contribution in [3.63, 3.8) is 0 Å². The number of carboxylic acid groups (broad SMARTS) is 1. The summed E-state index contributed by atoms with van der Waals surface area (Å²) in [6, 6.07) is -5.15. The van der Waals surface area contributed by atoms with Crippen LogP contribution in [-0.4, -0.2) is 64.8 Å². The lowest BCUT2D eigenvalue weighted by Gasteiger charge is -2.25. The van der Waals surface area contributed by atoms with E-state index in [9.17, 15) is 28.8 Å². The van der Waals surface area contributed by atoms with Gasteiger partial charge in [0, 0.05) is 0 Å². The monoisotopic (exact) mass is 430 g/mol. The smallest absolute Gasteiger partial charge is 0.325 e. The van der Waals surface area contributed by atoms with Gasteiger partial charge in [0.15, 0.2) is 0 Å². The summed E-state index contributed by atoms with van der Waals surface area (Å²) in [6.07, 6.45) is -0.869. The second kappa shape index (κ2) is 12.4. The minimum Gasteiger partial charge on any atom is -0.480 e. The molecule has 5 amide bonds. The summed E-state index contributed by atoms with van der Waals surface area (Å²) in [5, 5.41) is 15.7. The molecule has 0 aromatic rings. The SMILES string of the molecule is CC(C)CC(NC(=O)C(N)CC(N)=O)C(=O)NC(CC(N)=O)C(=O)NC(C)C(=O)O. The zero-order valence-electron chi connectivity index (χ0n) is 17.1. The summed E-state index contributed by atoms with van der Waals surface area (Å²) < 4.78 is 0. The molecule has 30 heavy (non-hydrogen) atoms. The molecule has 0 fully saturated rings. The first-order chi connectivity index (χ1) is 13.7. The van der Waals surface area contributed by atoms with E-state index in [1.54, 1.807) is 13.8 Å². The molecule has 0 rings (SSSR count). The lowest BCUT2D eigenvalue weighted by molar-refractivity contribution is -0.142. The number of hydrogen-bond donors (Lipinski definition) is 7. The first kappa shape index (κ1) is 26.8. The normalized spacial score (nSPS) is 14.7. The van der Waals surface area contributed by atoms with E-state index >= 15 is 0 Å². The third kappa shape index (κ3) is 10.4. The van der Waals surface area contributed by atoms with Gasteiger partial charge in [-0.2, -0.15) is 0 Å². The Hall–Kier alpha value is -3.22. The average molecular weight is 430 g/mol. The molecular weight excluding hydrogens is 400 g/mol. The van der Waals surface area contributed by atoms with Gasteiger partial charge in [-0.3, -0.25) is 28.8 Å². The molecule has 10 N–H and O–H groups in total. The van der Waals surface area contributed by atoms with E-state index in [1.165, 1.54) is 6.92 Å². The van der Waals surface area contributed by atoms with Crippen LogP contribution in [0.3, 0.4) is 0 Å². The Balaban J connectivity index is 5.38. The second-order valence-electron chi connectivity index (χ2n) is 7.27. The first-order valence-electron chi connectivity index (χ1n) is 9.20. The molecule has 0 aliphatic heterocycles. The zero-order valence-corrected chi connectivity index (χ0v) is 17.1. The van der Waals surface area contributed by atoms with Crippen molar-refractivity contribution in [2.45, 2.75) is 64.2 Å². The van der Waals surface area contributed by atoms with E-state index in [1.807, 2.05) is 0 Å². The number of nitrogens with two attached hydrogens (primary N) is 3. The van der Waals surface area contributed by atoms with Crippen molar-refractivity contribution in [3.05, 3.63) is 0 Å². The molecule has 13 heteroatoms. The molecule has 0 aromatic carbocycles. The lowest BCUT2D eigenvalue weighted by atomic mass is 10.0. The Morgan fingerprint density at radius 1 is 0.767 bits per heavy atom. The Kier molecular flexibility index (Phi) is 11.0. The maximum Gasteiger partial charge on any atom is 0.325 e. The van der Waals surface area contributed by atoms with Crippen LogP contribution in [0.4, 0.5) is 0 Å². The number of carbonyl (C=O) groups excluding carboxylic acids is 5. The Labute approximate surface area is 173 Å². The summed E-state index contributed by atoms with van der Waals surface area (Å²) in [5.74, 6) is -5.64. The molecular formula is C17H30N6O7. The largest absolute Gasteiger partial charge is 0.480 e. The Bertz CT molecular complexity index is 682. The summed E-state index contributed by atoms with van der Waals surface area (Å²) in [5.41, 5.74) is 15.7. The van der Waals surface area contributed by atoms with Crippen molar-refractivity contribution in [1.29, 1.82) is 0 Å². The van der Waals surface area contributed by atoms with Crippen LogP contribution in [0, 0.1) is 5.92 Å². The van der Waals surface area contributed by atoms with Crippen LogP contribution in [-0.2, 0) is 28.8 Å². The van der Waals surface area contributed by atoms with Crippen LogP contribution in [0.1, 0.15) is 40.0 Å². The van der Waals surface area contributed by atoms with Crippen molar-refractivity contribution < 1.29 is 33.9 Å². The van der Waals surface area contributed by atoms with E-state index in [2.05, 4.69) is 16.0 Å². The summed E-state index contributed by atoms with van der Waals surface area (Å²) >= 11 is 0. The Morgan fingerprint density at radius 3 is 1.67 bits per heavy atom. The number of carboxylic acids is 1. The highest BCUT2D eigenvalue weighted by Crippen LogP contribution is 2.07. The predicted octanol–water partition coefficient (Wildman–Crippen LogP) is -3.33. The molecule has 0 saturated heterocycles. The molecule has 0 radical (unpaired) electrons. The summed E-state index contributed by atoms with van der Waals surface area (Å²) in [6.45, 7) is 4.75. The predicted molar refractivity (Wildman–Crippen MR) is 104 cm³/mol. The minimum absolute atomic E-state index is 0.0659. The van der Waals surface area contributed by atoms with E-state index in [0.717, 1.165) is 0 Å². The highest BCUT2D eigenvalue weighted by molar-refractivity contribution is 5.96. The van der Waals surface area contributed by atoms with Gasteiger partial charge in [-0.05, 0) is 19.3 Å². The van der Waals surface area contributed by atoms with Crippen molar-refractivity contribution in [1.82, 2.24) is 16.0 Å². The number of primary amides is 2. The number of amides is 5. The van der Waals surface area contributed by atoms with Gasteiger partial charge in [-0.25, -0.2) is 0 Å². The quantitative estimate of drug-likeness (QED) is 0.155. The maximum absolute atomic E-state index is 12.7. The van der Waals surface area contributed by atoms with Crippen LogP contribution in [0.25, 0.3) is 0 Å². The molecule has 0 spiro atoms. The number of aliphatic carboxylic acids is 1. The fourth-order valence-corrected chi connectivity index (χ4v) is 2.35. The molecule has 0 saturated carbocycles. The van der Waals surface area contributed by atoms with Crippen LogP contribution >= 0.6 is 0 Å². The van der Waals surface area contributed by atoms with Gasteiger partial charge >= 0.3 is 5.97 Å². The van der Waals surface area contributed by atoms with Gasteiger partial charge in [-0.15, -0.1) is 0 Å². The fourth-order valence-electron chi connectivity index (χ4n) is 2.35. The lowest BCUT2D eigenvalue weighted by Crippen LogP contribution is -2.57. The maximum atomic E-state index is 12.7. The molecule has 0 heterocycles. The van der Waals surface area contributed by atoms with E-state index in [4.69, 9.17) is 22.3 Å². The zero-order chi connectivity index (χ0) is 23.6. The third-order valence-corrected chi connectivity index (χ3v) is 3.87. The van der Waals surface area contributed by atoms with Crippen LogP contribution in [0.15, 0.2) is 0 Å². The molecule has 0 bridgehead atoms. The number of rotatable bonds is 13. The second-order valence-corrected chi connectivity index (χ2v) is 7.27. The van der Waals surface area contributed by atoms with Gasteiger partial charge in [0.25, 0.3) is 0 Å². The van der Waals surface area contributed by atoms with Crippen molar-refractivity contribution in [2.75, 3.05) is 0 Å². The molecule has 4 atom stereocenters. The standard InChI is InChI=1S/C17H30N6O7/c1-7(2)4-10(22-14(26)9(18)5-12(19)24)16(28)23-11(6-13(20)25)15(27)21-8(3)17(29)30/h7-11H,4-6,18H2,1-3H3,(H2,19,24)(H2,20,25)(H,21,27)(H,22,26)(H,23,28)(H,29,30). The molecule has 4 unspecified atom stereocenters. The summed E-state index contributed by atoms with van der Waals surface area (Å²) in [7, 11) is 0. The van der Waals surface area contributed by atoms with E-state index in [0.29, 0.717) is 0 Å². The van der Waals surface area contributed by atoms with Gasteiger partial charge in [0.2, 0.25) is 29.5 Å². The Morgan fingerprint density at radius 2 is 1.23 bits per heavy atom. The van der Waals surface area contributed by atoms with Crippen molar-refractivity contribution in [3.8, 4) is 0 Å². The van der Waals surface area contributed by atoms with E-state index < -0.39 is 72.5 Å². The molecule has 0 aromatic heterocycles. The highest BCUT2D eigenvalue weighted by Gasteiger charge is 2.30. The molecule has 170 valence electrons. The third-order valence-electron chi connectivity index (χ3n) is 3.87. The molecule has 13 nitrogen and oxygen atoms in total. The number of hydrogen-bond acceptors (Lipinski definition) is 7. The minimum atomic E-state index is -1.46.